The van der Waals surface area contributed by atoms with Crippen LogP contribution in [0.2, 0.25) is 0 Å². The number of rotatable bonds is 8. The van der Waals surface area contributed by atoms with E-state index in [1.165, 1.54) is 40.8 Å². The Morgan fingerprint density at radius 1 is 1.09 bits per heavy atom. The van der Waals surface area contributed by atoms with Crippen molar-refractivity contribution in [2.45, 2.75) is 75.5 Å². The molecular formula is C29H35N8O7S-. The first-order chi connectivity index (χ1) is 21.7. The van der Waals surface area contributed by atoms with Crippen molar-refractivity contribution in [3.05, 3.63) is 36.9 Å². The number of benzene rings is 1. The van der Waals surface area contributed by atoms with Gasteiger partial charge in [-0.1, -0.05) is 6.07 Å². The van der Waals surface area contributed by atoms with Crippen LogP contribution in [0.5, 0.6) is 0 Å². The van der Waals surface area contributed by atoms with Crippen molar-refractivity contribution >= 4 is 51.6 Å². The number of hydrogen-bond acceptors (Lipinski definition) is 10. The first kappa shape index (κ1) is 30.0. The molecule has 3 heterocycles. The maximum atomic E-state index is 13.1. The van der Waals surface area contributed by atoms with Gasteiger partial charge in [-0.3, -0.25) is 23.2 Å². The number of carbonyl (C=O) groups excluding carboxylic acids is 2. The van der Waals surface area contributed by atoms with Crippen LogP contribution >= 0.6 is 0 Å². The third-order valence-electron chi connectivity index (χ3n) is 9.64. The Kier molecular flexibility index (Phi) is 7.72. The van der Waals surface area contributed by atoms with Crippen LogP contribution in [-0.4, -0.2) is 80.8 Å². The lowest BCUT2D eigenvalue weighted by molar-refractivity contribution is -0.137. The first-order valence-corrected chi connectivity index (χ1v) is 16.2. The number of likely N-dealkylation sites (N-methyl/N-ethyl adjacent to an activating group) is 1. The molecular weight excluding hydrogens is 604 g/mol. The number of nitrogens with zero attached hydrogens (tertiary/aromatic N) is 5. The minimum Gasteiger partial charge on any atom is -0.755 e. The highest BCUT2D eigenvalue weighted by atomic mass is 32.2. The molecule has 15 nitrogen and oxygen atoms in total. The lowest BCUT2D eigenvalue weighted by Gasteiger charge is -2.61. The van der Waals surface area contributed by atoms with E-state index < -0.39 is 53.3 Å². The van der Waals surface area contributed by atoms with E-state index in [9.17, 15) is 28.6 Å². The minimum atomic E-state index is -2.48. The summed E-state index contributed by atoms with van der Waals surface area (Å²) in [6.07, 6.45) is 3.25. The summed E-state index contributed by atoms with van der Waals surface area (Å²) in [6.45, 7) is 2.05. The van der Waals surface area contributed by atoms with Gasteiger partial charge in [0, 0.05) is 23.5 Å². The number of hydrogen-bond donors (Lipinski definition) is 5. The van der Waals surface area contributed by atoms with Gasteiger partial charge in [0.2, 0.25) is 0 Å². The molecule has 4 aliphatic carbocycles. The second-order valence-corrected chi connectivity index (χ2v) is 13.5. The highest BCUT2D eigenvalue weighted by Gasteiger charge is 2.54. The van der Waals surface area contributed by atoms with E-state index in [1.54, 1.807) is 31.2 Å². The number of urea groups is 1. The largest absolute Gasteiger partial charge is 0.755 e. The van der Waals surface area contributed by atoms with Crippen molar-refractivity contribution in [3.8, 4) is 0 Å². The monoisotopic (exact) mass is 639 g/mol. The van der Waals surface area contributed by atoms with Gasteiger partial charge in [-0.15, -0.1) is 0 Å². The van der Waals surface area contributed by atoms with Crippen LogP contribution in [0, 0.1) is 17.8 Å². The zero-order chi connectivity index (χ0) is 31.5. The number of imidazole rings is 1. The van der Waals surface area contributed by atoms with Crippen LogP contribution in [-0.2, 0) is 20.8 Å². The number of aromatic nitrogens is 4. The van der Waals surface area contributed by atoms with Gasteiger partial charge in [0.15, 0.2) is 29.3 Å². The number of carbonyl (C=O) groups is 2. The molecule has 16 heteroatoms. The van der Waals surface area contributed by atoms with E-state index in [4.69, 9.17) is 4.74 Å². The Bertz CT molecular complexity index is 1620. The summed E-state index contributed by atoms with van der Waals surface area (Å²) in [7, 11) is 0. The number of aliphatic hydroxyl groups excluding tert-OH is 2. The molecule has 1 aliphatic heterocycles. The highest BCUT2D eigenvalue weighted by molar-refractivity contribution is 7.80. The maximum Gasteiger partial charge on any atom is 0.324 e. The number of amides is 3. The van der Waals surface area contributed by atoms with Crippen LogP contribution in [0.1, 0.15) is 51.7 Å². The quantitative estimate of drug-likeness (QED) is 0.226. The van der Waals surface area contributed by atoms with E-state index in [-0.39, 0.29) is 17.0 Å². The number of aliphatic hydroxyl groups is 2. The van der Waals surface area contributed by atoms with E-state index in [0.717, 1.165) is 19.3 Å². The molecule has 0 spiro atoms. The lowest BCUT2D eigenvalue weighted by atomic mass is 9.53. The van der Waals surface area contributed by atoms with Crippen LogP contribution in [0.25, 0.3) is 11.2 Å². The molecule has 0 radical (unpaired) electrons. The van der Waals surface area contributed by atoms with Gasteiger partial charge in [-0.05, 0) is 81.4 Å². The van der Waals surface area contributed by atoms with Gasteiger partial charge >= 0.3 is 6.03 Å². The zero-order valence-electron chi connectivity index (χ0n) is 24.5. The SMILES string of the molecule is CCNC(=O)[C@H]1O[C@@H](n2cnc3c(NC(=O)Nc4cccc(N(S(=O)[O-])C56CC7CC(CC(C7)C5)C6)c4)ncnc32)[C@H](O)[C@@H]1O. The summed E-state index contributed by atoms with van der Waals surface area (Å²) in [5.74, 6) is 1.17. The fourth-order valence-electron chi connectivity index (χ4n) is 8.32. The van der Waals surface area contributed by atoms with Gasteiger partial charge in [0.05, 0.1) is 17.6 Å². The van der Waals surface area contributed by atoms with Gasteiger partial charge in [-0.25, -0.2) is 19.7 Å². The predicted molar refractivity (Wildman–Crippen MR) is 161 cm³/mol. The normalized spacial score (nSPS) is 32.4. The van der Waals surface area contributed by atoms with E-state index in [2.05, 4.69) is 30.9 Å². The Morgan fingerprint density at radius 2 is 1.80 bits per heavy atom. The third kappa shape index (κ3) is 5.33. The fourth-order valence-corrected chi connectivity index (χ4v) is 9.15. The molecule has 5 atom stereocenters. The number of ether oxygens (including phenoxy) is 1. The molecule has 4 bridgehead atoms. The molecule has 3 amide bonds. The maximum absolute atomic E-state index is 13.1. The van der Waals surface area contributed by atoms with Crippen LogP contribution in [0.3, 0.4) is 0 Å². The predicted octanol–water partition coefficient (Wildman–Crippen LogP) is 1.79. The summed E-state index contributed by atoms with van der Waals surface area (Å²) >= 11 is -2.48. The van der Waals surface area contributed by atoms with Crippen molar-refractivity contribution in [1.82, 2.24) is 24.8 Å². The van der Waals surface area contributed by atoms with Crippen LogP contribution in [0.4, 0.5) is 22.0 Å². The summed E-state index contributed by atoms with van der Waals surface area (Å²) in [5, 5.41) is 29.0. The van der Waals surface area contributed by atoms with Gasteiger partial charge in [-0.2, -0.15) is 0 Å². The minimum absolute atomic E-state index is 0.0663. The molecule has 8 rings (SSSR count). The van der Waals surface area contributed by atoms with Crippen molar-refractivity contribution in [1.29, 1.82) is 0 Å². The summed E-state index contributed by atoms with van der Waals surface area (Å²) in [6, 6.07) is 6.16. The average molecular weight is 640 g/mol. The van der Waals surface area contributed by atoms with E-state index in [0.29, 0.717) is 35.7 Å². The Hall–Kier alpha value is -3.70. The van der Waals surface area contributed by atoms with Crippen LogP contribution in [0.15, 0.2) is 36.9 Å². The second-order valence-electron chi connectivity index (χ2n) is 12.7. The first-order valence-electron chi connectivity index (χ1n) is 15.2. The number of fused-ring (bicyclic) bond motifs is 1. The standard InChI is InChI=1S/C29H36N8O7S/c1-2-30-26(40)23-21(38)22(39)27(44-23)36-14-33-20-24(31-13-32-25(20)36)35-28(41)34-18-4-3-5-19(9-18)37(45(42)43)29-10-15-6-16(11-29)8-17(7-15)12-29/h3-5,9,13-17,21-23,27,38-39H,2,6-8,10-12H2,1H3,(H,30,40)(H,42,43)(H2,31,32,34,35,41)/p-1/t15?,16?,17?,21-,22+,23-,27+,29?/m0/s1. The molecule has 45 heavy (non-hydrogen) atoms. The Morgan fingerprint density at radius 3 is 2.47 bits per heavy atom. The van der Waals surface area contributed by atoms with Crippen molar-refractivity contribution < 1.29 is 33.3 Å². The second kappa shape index (κ2) is 11.6. The molecule has 1 unspecified atom stereocenters. The molecule has 1 aromatic carbocycles. The molecule has 5 aliphatic rings. The Labute approximate surface area is 261 Å². The molecule has 2 aromatic heterocycles. The third-order valence-corrected chi connectivity index (χ3v) is 10.5. The van der Waals surface area contributed by atoms with E-state index >= 15 is 0 Å². The lowest BCUT2D eigenvalue weighted by Crippen LogP contribution is -2.60. The van der Waals surface area contributed by atoms with Crippen LogP contribution < -0.4 is 20.3 Å². The van der Waals surface area contributed by atoms with Crippen molar-refractivity contribution in [3.63, 3.8) is 0 Å². The van der Waals surface area contributed by atoms with Gasteiger partial charge in [0.1, 0.15) is 18.5 Å². The number of nitrogens with one attached hydrogen (secondary N) is 3. The van der Waals surface area contributed by atoms with Crippen molar-refractivity contribution in [2.24, 2.45) is 17.8 Å². The van der Waals surface area contributed by atoms with Gasteiger partial charge in [0.25, 0.3) is 5.91 Å². The summed E-state index contributed by atoms with van der Waals surface area (Å²) in [5.41, 5.74) is 0.852. The van der Waals surface area contributed by atoms with E-state index in [1.807, 2.05) is 0 Å². The highest BCUT2D eigenvalue weighted by Crippen LogP contribution is 2.58. The average Bonchev–Trinajstić information content (AvgIpc) is 3.53. The molecule has 3 aromatic rings. The van der Waals surface area contributed by atoms with Gasteiger partial charge < -0.3 is 30.1 Å². The Balaban J connectivity index is 1.08. The molecule has 240 valence electrons. The molecule has 5 N–H and O–H groups in total. The summed E-state index contributed by atoms with van der Waals surface area (Å²) < 4.78 is 33.9. The van der Waals surface area contributed by atoms with Crippen molar-refractivity contribution in [2.75, 3.05) is 21.5 Å². The zero-order valence-corrected chi connectivity index (χ0v) is 25.4. The fraction of sp³-hybridized carbons (Fsp3) is 0.552. The molecule has 5 fully saturated rings. The molecule has 4 saturated carbocycles. The molecule has 1 saturated heterocycles. The topological polar surface area (TPSA) is 207 Å². The number of anilines is 3. The smallest absolute Gasteiger partial charge is 0.324 e. The summed E-state index contributed by atoms with van der Waals surface area (Å²) in [4.78, 5) is 38.0.